The van der Waals surface area contributed by atoms with Crippen molar-refractivity contribution in [3.05, 3.63) is 84.2 Å². The standard InChI is InChI=1S/C17H17N3O2S/c21-23(22,17-9-5-2-6-10-17)19-12-16-11-18-20(14-16)13-15-7-3-1-4-8-15/h1-11,14,19H,12-13H2. The molecule has 3 aromatic rings. The Morgan fingerprint density at radius 2 is 1.57 bits per heavy atom. The van der Waals surface area contributed by atoms with E-state index in [0.29, 0.717) is 6.54 Å². The first-order valence-electron chi connectivity index (χ1n) is 7.23. The van der Waals surface area contributed by atoms with E-state index in [4.69, 9.17) is 0 Å². The summed E-state index contributed by atoms with van der Waals surface area (Å²) in [6.07, 6.45) is 3.52. The molecule has 0 amide bonds. The average molecular weight is 327 g/mol. The highest BCUT2D eigenvalue weighted by molar-refractivity contribution is 7.89. The van der Waals surface area contributed by atoms with Crippen LogP contribution in [0.2, 0.25) is 0 Å². The first-order chi connectivity index (χ1) is 11.1. The first-order valence-corrected chi connectivity index (χ1v) is 8.72. The minimum absolute atomic E-state index is 0.214. The molecule has 0 spiro atoms. The van der Waals surface area contributed by atoms with Crippen LogP contribution in [0.4, 0.5) is 0 Å². The van der Waals surface area contributed by atoms with Gasteiger partial charge in [0.15, 0.2) is 0 Å². The molecule has 118 valence electrons. The molecule has 0 aliphatic heterocycles. The molecule has 0 saturated carbocycles. The molecule has 0 unspecified atom stereocenters. The fourth-order valence-electron chi connectivity index (χ4n) is 2.22. The van der Waals surface area contributed by atoms with Crippen LogP contribution in [0.5, 0.6) is 0 Å². The largest absolute Gasteiger partial charge is 0.268 e. The van der Waals surface area contributed by atoms with Gasteiger partial charge in [0.25, 0.3) is 0 Å². The van der Waals surface area contributed by atoms with Crippen LogP contribution < -0.4 is 4.72 Å². The minimum atomic E-state index is -3.50. The summed E-state index contributed by atoms with van der Waals surface area (Å²) >= 11 is 0. The highest BCUT2D eigenvalue weighted by Crippen LogP contribution is 2.09. The van der Waals surface area contributed by atoms with Gasteiger partial charge in [-0.05, 0) is 17.7 Å². The summed E-state index contributed by atoms with van der Waals surface area (Å²) in [4.78, 5) is 0.261. The molecule has 5 nitrogen and oxygen atoms in total. The van der Waals surface area contributed by atoms with Crippen molar-refractivity contribution in [2.45, 2.75) is 18.0 Å². The summed E-state index contributed by atoms with van der Waals surface area (Å²) in [5, 5.41) is 4.27. The maximum Gasteiger partial charge on any atom is 0.240 e. The van der Waals surface area contributed by atoms with E-state index in [1.807, 2.05) is 36.5 Å². The monoisotopic (exact) mass is 327 g/mol. The van der Waals surface area contributed by atoms with E-state index in [1.54, 1.807) is 41.2 Å². The molecule has 1 N–H and O–H groups in total. The lowest BCUT2D eigenvalue weighted by Crippen LogP contribution is -2.22. The third-order valence-corrected chi connectivity index (χ3v) is 4.81. The van der Waals surface area contributed by atoms with Crippen molar-refractivity contribution in [1.29, 1.82) is 0 Å². The Morgan fingerprint density at radius 1 is 0.913 bits per heavy atom. The molecule has 3 rings (SSSR count). The van der Waals surface area contributed by atoms with Gasteiger partial charge in [-0.3, -0.25) is 4.68 Å². The Hall–Kier alpha value is -2.44. The molecule has 0 saturated heterocycles. The third kappa shape index (κ3) is 4.06. The predicted octanol–water partition coefficient (Wildman–Crippen LogP) is 2.41. The van der Waals surface area contributed by atoms with Gasteiger partial charge in [0, 0.05) is 18.3 Å². The number of hydrogen-bond acceptors (Lipinski definition) is 3. The quantitative estimate of drug-likeness (QED) is 0.756. The number of aromatic nitrogens is 2. The van der Waals surface area contributed by atoms with Crippen molar-refractivity contribution >= 4 is 10.0 Å². The highest BCUT2D eigenvalue weighted by atomic mass is 32.2. The zero-order chi connectivity index (χ0) is 16.1. The van der Waals surface area contributed by atoms with Gasteiger partial charge in [0.05, 0.1) is 17.6 Å². The predicted molar refractivity (Wildman–Crippen MR) is 88.2 cm³/mol. The van der Waals surface area contributed by atoms with E-state index in [9.17, 15) is 8.42 Å². The topological polar surface area (TPSA) is 64.0 Å². The Labute approximate surface area is 135 Å². The minimum Gasteiger partial charge on any atom is -0.268 e. The van der Waals surface area contributed by atoms with Gasteiger partial charge in [-0.1, -0.05) is 48.5 Å². The van der Waals surface area contributed by atoms with Gasteiger partial charge in [-0.2, -0.15) is 5.10 Å². The number of rotatable bonds is 6. The molecule has 0 aliphatic rings. The molecule has 1 heterocycles. The normalized spacial score (nSPS) is 11.5. The smallest absolute Gasteiger partial charge is 0.240 e. The lowest BCUT2D eigenvalue weighted by atomic mass is 10.2. The van der Waals surface area contributed by atoms with Gasteiger partial charge in [-0.15, -0.1) is 0 Å². The van der Waals surface area contributed by atoms with E-state index < -0.39 is 10.0 Å². The van der Waals surface area contributed by atoms with E-state index in [2.05, 4.69) is 9.82 Å². The van der Waals surface area contributed by atoms with Crippen molar-refractivity contribution < 1.29 is 8.42 Å². The summed E-state index contributed by atoms with van der Waals surface area (Å²) in [5.74, 6) is 0. The Kier molecular flexibility index (Phi) is 4.55. The van der Waals surface area contributed by atoms with Crippen LogP contribution in [0.3, 0.4) is 0 Å². The number of nitrogens with one attached hydrogen (secondary N) is 1. The Bertz CT molecular complexity index is 859. The molecular weight excluding hydrogens is 310 g/mol. The van der Waals surface area contributed by atoms with Crippen LogP contribution in [0.25, 0.3) is 0 Å². The number of benzene rings is 2. The molecule has 0 bridgehead atoms. The first kappa shape index (κ1) is 15.5. The zero-order valence-electron chi connectivity index (χ0n) is 12.5. The Balaban J connectivity index is 1.63. The maximum absolute atomic E-state index is 12.2. The van der Waals surface area contributed by atoms with Crippen LogP contribution in [-0.4, -0.2) is 18.2 Å². The molecule has 2 aromatic carbocycles. The van der Waals surface area contributed by atoms with E-state index in [0.717, 1.165) is 11.1 Å². The molecule has 23 heavy (non-hydrogen) atoms. The number of sulfonamides is 1. The Morgan fingerprint density at radius 3 is 2.26 bits per heavy atom. The second-order valence-corrected chi connectivity index (χ2v) is 6.94. The van der Waals surface area contributed by atoms with Crippen molar-refractivity contribution in [2.24, 2.45) is 0 Å². The third-order valence-electron chi connectivity index (χ3n) is 3.39. The molecule has 0 atom stereocenters. The second kappa shape index (κ2) is 6.76. The van der Waals surface area contributed by atoms with Crippen LogP contribution >= 0.6 is 0 Å². The molecule has 0 aliphatic carbocycles. The van der Waals surface area contributed by atoms with Crippen molar-refractivity contribution in [1.82, 2.24) is 14.5 Å². The second-order valence-electron chi connectivity index (χ2n) is 5.17. The lowest BCUT2D eigenvalue weighted by Gasteiger charge is -2.05. The molecular formula is C17H17N3O2S. The van der Waals surface area contributed by atoms with Gasteiger partial charge in [0.2, 0.25) is 10.0 Å². The van der Waals surface area contributed by atoms with E-state index in [-0.39, 0.29) is 11.4 Å². The van der Waals surface area contributed by atoms with Gasteiger partial charge in [0.1, 0.15) is 0 Å². The van der Waals surface area contributed by atoms with Crippen molar-refractivity contribution in [3.63, 3.8) is 0 Å². The van der Waals surface area contributed by atoms with Crippen LogP contribution in [-0.2, 0) is 23.1 Å². The fourth-order valence-corrected chi connectivity index (χ4v) is 3.25. The number of nitrogens with zero attached hydrogens (tertiary/aromatic N) is 2. The summed E-state index contributed by atoms with van der Waals surface area (Å²) in [7, 11) is -3.50. The molecule has 0 fully saturated rings. The van der Waals surface area contributed by atoms with Gasteiger partial charge in [-0.25, -0.2) is 13.1 Å². The molecule has 1 aromatic heterocycles. The van der Waals surface area contributed by atoms with Crippen molar-refractivity contribution in [2.75, 3.05) is 0 Å². The van der Waals surface area contributed by atoms with Crippen LogP contribution in [0.1, 0.15) is 11.1 Å². The summed E-state index contributed by atoms with van der Waals surface area (Å²) in [5.41, 5.74) is 1.97. The maximum atomic E-state index is 12.2. The summed E-state index contributed by atoms with van der Waals surface area (Å²) in [6, 6.07) is 18.3. The van der Waals surface area contributed by atoms with Crippen LogP contribution in [0.15, 0.2) is 78.0 Å². The number of hydrogen-bond donors (Lipinski definition) is 1. The lowest BCUT2D eigenvalue weighted by molar-refractivity contribution is 0.581. The van der Waals surface area contributed by atoms with Crippen molar-refractivity contribution in [3.8, 4) is 0 Å². The van der Waals surface area contributed by atoms with Gasteiger partial charge >= 0.3 is 0 Å². The average Bonchev–Trinajstić information content (AvgIpc) is 3.02. The molecule has 6 heteroatoms. The molecule has 0 radical (unpaired) electrons. The van der Waals surface area contributed by atoms with Crippen LogP contribution in [0, 0.1) is 0 Å². The summed E-state index contributed by atoms with van der Waals surface area (Å²) in [6.45, 7) is 0.873. The summed E-state index contributed by atoms with van der Waals surface area (Å²) < 4.78 is 28.7. The SMILES string of the molecule is O=S(=O)(NCc1cnn(Cc2ccccc2)c1)c1ccccc1. The highest BCUT2D eigenvalue weighted by Gasteiger charge is 2.13. The van der Waals surface area contributed by atoms with E-state index >= 15 is 0 Å². The van der Waals surface area contributed by atoms with E-state index in [1.165, 1.54) is 0 Å². The zero-order valence-corrected chi connectivity index (χ0v) is 13.3. The fraction of sp³-hybridized carbons (Fsp3) is 0.118. The van der Waals surface area contributed by atoms with Gasteiger partial charge < -0.3 is 0 Å².